The summed E-state index contributed by atoms with van der Waals surface area (Å²) in [6, 6.07) is 10.7. The van der Waals surface area contributed by atoms with E-state index >= 15 is 0 Å². The fraction of sp³-hybridized carbons (Fsp3) is 0.136. The van der Waals surface area contributed by atoms with Crippen molar-refractivity contribution in [2.45, 2.75) is 0 Å². The highest BCUT2D eigenvalue weighted by atomic mass is 16.5. The van der Waals surface area contributed by atoms with Crippen molar-refractivity contribution in [2.24, 2.45) is 0 Å². The molecule has 4 aromatic rings. The first-order valence-electron chi connectivity index (χ1n) is 8.57. The molecule has 0 aliphatic carbocycles. The van der Waals surface area contributed by atoms with Gasteiger partial charge < -0.3 is 23.0 Å². The first kappa shape index (κ1) is 17.7. The number of hydrogen-bond donors (Lipinski definition) is 0. The van der Waals surface area contributed by atoms with E-state index in [0.29, 0.717) is 33.6 Å². The molecule has 0 bridgehead atoms. The van der Waals surface area contributed by atoms with Gasteiger partial charge >= 0.3 is 0 Å². The molecule has 142 valence electrons. The summed E-state index contributed by atoms with van der Waals surface area (Å²) >= 11 is 0. The maximum atomic E-state index is 12.8. The molecule has 0 saturated carbocycles. The molecule has 6 nitrogen and oxygen atoms in total. The first-order chi connectivity index (χ1) is 13.7. The Morgan fingerprint density at radius 2 is 1.61 bits per heavy atom. The second-order valence-electron chi connectivity index (χ2n) is 6.05. The minimum atomic E-state index is -0.228. The largest absolute Gasteiger partial charge is 0.497 e. The third-order valence-corrected chi connectivity index (χ3v) is 4.48. The van der Waals surface area contributed by atoms with Gasteiger partial charge in [0.25, 0.3) is 0 Å². The normalized spacial score (nSPS) is 11.4. The quantitative estimate of drug-likeness (QED) is 0.500. The molecule has 0 spiro atoms. The maximum absolute atomic E-state index is 12.8. The zero-order chi connectivity index (χ0) is 19.7. The monoisotopic (exact) mass is 378 g/mol. The number of fused-ring (bicyclic) bond motifs is 2. The number of ether oxygens (including phenoxy) is 3. The molecule has 28 heavy (non-hydrogen) atoms. The van der Waals surface area contributed by atoms with Crippen molar-refractivity contribution < 1.29 is 23.0 Å². The molecule has 0 radical (unpaired) electrons. The van der Waals surface area contributed by atoms with E-state index in [1.807, 2.05) is 30.3 Å². The second kappa shape index (κ2) is 7.15. The van der Waals surface area contributed by atoms with E-state index in [1.54, 1.807) is 19.3 Å². The van der Waals surface area contributed by atoms with Gasteiger partial charge in [0.1, 0.15) is 22.6 Å². The van der Waals surface area contributed by atoms with Crippen molar-refractivity contribution in [3.63, 3.8) is 0 Å². The number of hydrogen-bond acceptors (Lipinski definition) is 6. The van der Waals surface area contributed by atoms with E-state index < -0.39 is 0 Å². The van der Waals surface area contributed by atoms with Crippen molar-refractivity contribution in [1.82, 2.24) is 0 Å². The Hall–Kier alpha value is -3.67. The lowest BCUT2D eigenvalue weighted by Gasteiger charge is -2.10. The average molecular weight is 378 g/mol. The van der Waals surface area contributed by atoms with Crippen molar-refractivity contribution >= 4 is 34.1 Å². The van der Waals surface area contributed by atoms with Crippen molar-refractivity contribution in [2.75, 3.05) is 21.3 Å². The SMILES string of the molecule is COc1ccc(/C=C\c2cc(=O)c3c(OC)c4ccoc4c(OC)c3o2)cc1. The molecule has 2 aromatic heterocycles. The minimum absolute atomic E-state index is 0.228. The van der Waals surface area contributed by atoms with Gasteiger partial charge in [-0.15, -0.1) is 0 Å². The number of furan rings is 1. The van der Waals surface area contributed by atoms with Crippen LogP contribution in [0, 0.1) is 0 Å². The second-order valence-corrected chi connectivity index (χ2v) is 6.05. The van der Waals surface area contributed by atoms with Gasteiger partial charge in [0.15, 0.2) is 16.6 Å². The van der Waals surface area contributed by atoms with Crippen LogP contribution in [0.25, 0.3) is 34.1 Å². The molecule has 6 heteroatoms. The highest BCUT2D eigenvalue weighted by Gasteiger charge is 2.22. The Labute approximate surface area is 160 Å². The van der Waals surface area contributed by atoms with Gasteiger partial charge in [0.05, 0.1) is 33.0 Å². The molecular weight excluding hydrogens is 360 g/mol. The van der Waals surface area contributed by atoms with Crippen LogP contribution in [0.2, 0.25) is 0 Å². The molecule has 0 fully saturated rings. The third-order valence-electron chi connectivity index (χ3n) is 4.48. The van der Waals surface area contributed by atoms with Gasteiger partial charge in [0.2, 0.25) is 5.75 Å². The summed E-state index contributed by atoms with van der Waals surface area (Å²) in [6.45, 7) is 0. The van der Waals surface area contributed by atoms with Gasteiger partial charge in [-0.05, 0) is 29.8 Å². The van der Waals surface area contributed by atoms with Crippen molar-refractivity contribution in [1.29, 1.82) is 0 Å². The molecule has 0 saturated heterocycles. The van der Waals surface area contributed by atoms with Gasteiger partial charge in [-0.3, -0.25) is 4.79 Å². The molecule has 4 rings (SSSR count). The van der Waals surface area contributed by atoms with E-state index in [0.717, 1.165) is 11.3 Å². The topological polar surface area (TPSA) is 71.0 Å². The molecule has 0 unspecified atom stereocenters. The van der Waals surface area contributed by atoms with Crippen LogP contribution < -0.4 is 19.6 Å². The van der Waals surface area contributed by atoms with E-state index in [9.17, 15) is 4.79 Å². The zero-order valence-electron chi connectivity index (χ0n) is 15.6. The number of benzene rings is 2. The fourth-order valence-corrected chi connectivity index (χ4v) is 3.16. The summed E-state index contributed by atoms with van der Waals surface area (Å²) < 4.78 is 27.6. The summed E-state index contributed by atoms with van der Waals surface area (Å²) in [5.41, 5.74) is 1.46. The smallest absolute Gasteiger partial charge is 0.206 e. The molecule has 2 heterocycles. The Morgan fingerprint density at radius 1 is 0.857 bits per heavy atom. The predicted molar refractivity (Wildman–Crippen MR) is 107 cm³/mol. The molecular formula is C22H18O6. The Bertz CT molecular complexity index is 1230. The van der Waals surface area contributed by atoms with Gasteiger partial charge in [-0.2, -0.15) is 0 Å². The molecule has 2 aromatic carbocycles. The summed E-state index contributed by atoms with van der Waals surface area (Å²) in [5.74, 6) is 1.92. The lowest BCUT2D eigenvalue weighted by atomic mass is 10.1. The van der Waals surface area contributed by atoms with Crippen LogP contribution in [0.1, 0.15) is 11.3 Å². The van der Waals surface area contributed by atoms with Crippen LogP contribution in [0.4, 0.5) is 0 Å². The molecule has 0 amide bonds. The maximum Gasteiger partial charge on any atom is 0.206 e. The molecule has 0 aliphatic heterocycles. The standard InChI is InChI=1S/C22H18O6/c1-24-14-7-4-13(5-8-14)6-9-15-12-17(23)18-19(25-2)16-10-11-27-20(16)22(26-3)21(18)28-15/h4-12H,1-3H3/b9-6-. The summed E-state index contributed by atoms with van der Waals surface area (Å²) in [6.07, 6.45) is 5.09. The lowest BCUT2D eigenvalue weighted by Crippen LogP contribution is -2.04. The van der Waals surface area contributed by atoms with Crippen LogP contribution in [0.5, 0.6) is 17.2 Å². The highest BCUT2D eigenvalue weighted by Crippen LogP contribution is 2.42. The van der Waals surface area contributed by atoms with Crippen LogP contribution >= 0.6 is 0 Å². The lowest BCUT2D eigenvalue weighted by molar-refractivity contribution is 0.400. The highest BCUT2D eigenvalue weighted by molar-refractivity contribution is 6.06. The Balaban J connectivity index is 1.88. The van der Waals surface area contributed by atoms with E-state index in [-0.39, 0.29) is 11.0 Å². The summed E-state index contributed by atoms with van der Waals surface area (Å²) in [7, 11) is 4.62. The third kappa shape index (κ3) is 2.89. The predicted octanol–water partition coefficient (Wildman–Crippen LogP) is 4.74. The minimum Gasteiger partial charge on any atom is -0.497 e. The van der Waals surface area contributed by atoms with Crippen molar-refractivity contribution in [3.8, 4) is 17.2 Å². The fourth-order valence-electron chi connectivity index (χ4n) is 3.16. The Kier molecular flexibility index (Phi) is 4.53. The number of methoxy groups -OCH3 is 3. The van der Waals surface area contributed by atoms with Gasteiger partial charge in [0, 0.05) is 6.07 Å². The Morgan fingerprint density at radius 3 is 2.29 bits per heavy atom. The van der Waals surface area contributed by atoms with Crippen molar-refractivity contribution in [3.05, 3.63) is 64.2 Å². The molecule has 0 aliphatic rings. The average Bonchev–Trinajstić information content (AvgIpc) is 3.20. The summed E-state index contributed by atoms with van der Waals surface area (Å²) in [5, 5.41) is 0.968. The van der Waals surface area contributed by atoms with Crippen LogP contribution in [-0.4, -0.2) is 21.3 Å². The van der Waals surface area contributed by atoms with Crippen LogP contribution in [-0.2, 0) is 0 Å². The van der Waals surface area contributed by atoms with Crippen LogP contribution in [0.15, 0.2) is 56.3 Å². The first-order valence-corrected chi connectivity index (χ1v) is 8.57. The number of rotatable bonds is 5. The van der Waals surface area contributed by atoms with E-state index in [1.165, 1.54) is 26.5 Å². The zero-order valence-corrected chi connectivity index (χ0v) is 15.6. The van der Waals surface area contributed by atoms with Gasteiger partial charge in [-0.25, -0.2) is 0 Å². The summed E-state index contributed by atoms with van der Waals surface area (Å²) in [4.78, 5) is 12.8. The van der Waals surface area contributed by atoms with Gasteiger partial charge in [-0.1, -0.05) is 18.2 Å². The van der Waals surface area contributed by atoms with E-state index in [2.05, 4.69) is 0 Å². The molecule has 0 N–H and O–H groups in total. The van der Waals surface area contributed by atoms with E-state index in [4.69, 9.17) is 23.0 Å². The molecule has 0 atom stereocenters. The van der Waals surface area contributed by atoms with Crippen LogP contribution in [0.3, 0.4) is 0 Å².